The summed E-state index contributed by atoms with van der Waals surface area (Å²) in [7, 11) is 0. The van der Waals surface area contributed by atoms with Crippen LogP contribution in [0.3, 0.4) is 0 Å². The molecule has 3 heterocycles. The van der Waals surface area contributed by atoms with Crippen molar-refractivity contribution in [3.05, 3.63) is 66.0 Å². The molecular weight excluding hydrogens is 538 g/mol. The van der Waals surface area contributed by atoms with E-state index < -0.39 is 0 Å². The third-order valence-corrected chi connectivity index (χ3v) is 9.26. The SMILES string of the molecule is C/C(=C\C=C\[C@H](C)c1ccccn1)[C@H]1OC(=O)CCCCC[C@@H](OC(=O)N2CCN(C3CCCCCC3)CC2)/C=C\[C@@H]1C. The van der Waals surface area contributed by atoms with E-state index in [1.54, 1.807) is 0 Å². The summed E-state index contributed by atoms with van der Waals surface area (Å²) in [6.07, 6.45) is 22.9. The van der Waals surface area contributed by atoms with Crippen molar-refractivity contribution in [2.24, 2.45) is 5.92 Å². The van der Waals surface area contributed by atoms with Gasteiger partial charge in [0.1, 0.15) is 12.2 Å². The van der Waals surface area contributed by atoms with Crippen LogP contribution in [0.1, 0.15) is 103 Å². The number of carbonyl (C=O) groups excluding carboxylic acids is 2. The molecule has 0 unspecified atom stereocenters. The number of nitrogens with zero attached hydrogens (tertiary/aromatic N) is 3. The molecule has 1 aromatic heterocycles. The van der Waals surface area contributed by atoms with Crippen molar-refractivity contribution in [2.45, 2.75) is 116 Å². The van der Waals surface area contributed by atoms with Crippen molar-refractivity contribution in [3.8, 4) is 0 Å². The van der Waals surface area contributed by atoms with Gasteiger partial charge >= 0.3 is 12.1 Å². The third kappa shape index (κ3) is 10.6. The van der Waals surface area contributed by atoms with Gasteiger partial charge in [-0.15, -0.1) is 0 Å². The first-order valence-corrected chi connectivity index (χ1v) is 16.7. The summed E-state index contributed by atoms with van der Waals surface area (Å²) in [6.45, 7) is 9.52. The summed E-state index contributed by atoms with van der Waals surface area (Å²) >= 11 is 0. The predicted molar refractivity (Wildman–Crippen MR) is 172 cm³/mol. The van der Waals surface area contributed by atoms with Gasteiger partial charge in [-0.2, -0.15) is 0 Å². The van der Waals surface area contributed by atoms with Crippen molar-refractivity contribution >= 4 is 12.1 Å². The highest BCUT2D eigenvalue weighted by Gasteiger charge is 2.29. The number of allylic oxidation sites excluding steroid dienone is 3. The van der Waals surface area contributed by atoms with Gasteiger partial charge in [-0.05, 0) is 62.8 Å². The van der Waals surface area contributed by atoms with Crippen LogP contribution >= 0.6 is 0 Å². The zero-order valence-electron chi connectivity index (χ0n) is 26.7. The fourth-order valence-corrected chi connectivity index (χ4v) is 6.51. The Morgan fingerprint density at radius 2 is 1.72 bits per heavy atom. The standard InChI is InChI=1S/C36H53N3O4/c1-28(33-19-11-12-23-37-33)14-13-15-29(2)35-30(3)21-22-32(18-9-6-10-20-34(40)43-35)42-36(41)39-26-24-38(25-27-39)31-16-7-4-5-8-17-31/h11-15,19,21-23,28,30-32,35H,4-10,16-18,20,24-27H2,1-3H3/b14-13+,22-21-,29-15+/t28-,30-,32+,35+/m0/s1. The number of hydrogen-bond acceptors (Lipinski definition) is 6. The molecule has 0 spiro atoms. The summed E-state index contributed by atoms with van der Waals surface area (Å²) in [4.78, 5) is 34.8. The molecule has 4 atom stereocenters. The van der Waals surface area contributed by atoms with Gasteiger partial charge < -0.3 is 14.4 Å². The van der Waals surface area contributed by atoms with Crippen LogP contribution in [0.25, 0.3) is 0 Å². The number of cyclic esters (lactones) is 1. The highest BCUT2D eigenvalue weighted by atomic mass is 16.6. The van der Waals surface area contributed by atoms with Crippen molar-refractivity contribution in [1.29, 1.82) is 0 Å². The van der Waals surface area contributed by atoms with Gasteiger partial charge in [0.25, 0.3) is 0 Å². The smallest absolute Gasteiger partial charge is 0.410 e. The maximum absolute atomic E-state index is 13.2. The molecule has 7 nitrogen and oxygen atoms in total. The lowest BCUT2D eigenvalue weighted by Crippen LogP contribution is -2.52. The first kappa shape index (κ1) is 33.0. The largest absolute Gasteiger partial charge is 0.457 e. The third-order valence-electron chi connectivity index (χ3n) is 9.26. The predicted octanol–water partition coefficient (Wildman–Crippen LogP) is 7.60. The Hall–Kier alpha value is -2.93. The number of rotatable bonds is 6. The monoisotopic (exact) mass is 591 g/mol. The molecule has 1 saturated heterocycles. The average molecular weight is 592 g/mol. The summed E-state index contributed by atoms with van der Waals surface area (Å²) in [5, 5.41) is 0. The normalized spacial score (nSPS) is 27.4. The van der Waals surface area contributed by atoms with E-state index in [-0.39, 0.29) is 36.1 Å². The minimum Gasteiger partial charge on any atom is -0.457 e. The second-order valence-corrected chi connectivity index (χ2v) is 12.7. The van der Waals surface area contributed by atoms with Crippen LogP contribution in [0.4, 0.5) is 4.79 Å². The number of aromatic nitrogens is 1. The summed E-state index contributed by atoms with van der Waals surface area (Å²) in [6, 6.07) is 6.61. The molecule has 2 fully saturated rings. The lowest BCUT2D eigenvalue weighted by Gasteiger charge is -2.39. The molecule has 3 aliphatic rings. The number of amides is 1. The van der Waals surface area contributed by atoms with Gasteiger partial charge in [0.2, 0.25) is 0 Å². The Morgan fingerprint density at radius 3 is 2.44 bits per heavy atom. The number of carbonyl (C=O) groups is 2. The number of pyridine rings is 1. The van der Waals surface area contributed by atoms with E-state index in [1.165, 1.54) is 38.5 Å². The highest BCUT2D eigenvalue weighted by Crippen LogP contribution is 2.25. The molecular formula is C36H53N3O4. The van der Waals surface area contributed by atoms with E-state index in [4.69, 9.17) is 9.47 Å². The van der Waals surface area contributed by atoms with Crippen LogP contribution < -0.4 is 0 Å². The van der Waals surface area contributed by atoms with Crippen molar-refractivity contribution in [2.75, 3.05) is 26.2 Å². The molecule has 0 N–H and O–H groups in total. The zero-order valence-corrected chi connectivity index (χ0v) is 26.7. The van der Waals surface area contributed by atoms with Gasteiger partial charge in [0.05, 0.1) is 0 Å². The van der Waals surface area contributed by atoms with Crippen molar-refractivity contribution in [3.63, 3.8) is 0 Å². The minimum atomic E-state index is -0.383. The Kier molecular flexibility index (Phi) is 13.3. The molecule has 1 amide bonds. The van der Waals surface area contributed by atoms with E-state index in [2.05, 4.69) is 35.9 Å². The molecule has 1 saturated carbocycles. The number of ether oxygens (including phenoxy) is 2. The Morgan fingerprint density at radius 1 is 1.00 bits per heavy atom. The van der Waals surface area contributed by atoms with Crippen LogP contribution in [-0.2, 0) is 14.3 Å². The molecule has 0 bridgehead atoms. The van der Waals surface area contributed by atoms with Crippen LogP contribution in [0.15, 0.2) is 60.3 Å². The number of piperazine rings is 1. The van der Waals surface area contributed by atoms with Gasteiger partial charge in [-0.1, -0.05) is 76.3 Å². The fourth-order valence-electron chi connectivity index (χ4n) is 6.51. The summed E-state index contributed by atoms with van der Waals surface area (Å²) in [5.41, 5.74) is 1.99. The summed E-state index contributed by atoms with van der Waals surface area (Å²) in [5.74, 6) is -0.0439. The van der Waals surface area contributed by atoms with Crippen LogP contribution in [0.5, 0.6) is 0 Å². The first-order valence-electron chi connectivity index (χ1n) is 16.7. The molecule has 7 heteroatoms. The summed E-state index contributed by atoms with van der Waals surface area (Å²) < 4.78 is 12.1. The van der Waals surface area contributed by atoms with Crippen molar-refractivity contribution in [1.82, 2.24) is 14.8 Å². The molecule has 0 aromatic carbocycles. The van der Waals surface area contributed by atoms with E-state index >= 15 is 0 Å². The highest BCUT2D eigenvalue weighted by molar-refractivity contribution is 5.70. The first-order chi connectivity index (χ1) is 20.9. The maximum Gasteiger partial charge on any atom is 0.410 e. The Bertz CT molecular complexity index is 1080. The van der Waals surface area contributed by atoms with Crippen LogP contribution in [0, 0.1) is 5.92 Å². The average Bonchev–Trinajstić information content (AvgIpc) is 3.31. The molecule has 43 heavy (non-hydrogen) atoms. The molecule has 0 radical (unpaired) electrons. The minimum absolute atomic E-state index is 0.0643. The number of esters is 1. The van der Waals surface area contributed by atoms with E-state index in [9.17, 15) is 9.59 Å². The lowest BCUT2D eigenvalue weighted by molar-refractivity contribution is -0.148. The van der Waals surface area contributed by atoms with Gasteiger partial charge in [0.15, 0.2) is 0 Å². The molecule has 1 aromatic rings. The van der Waals surface area contributed by atoms with E-state index in [0.717, 1.165) is 63.1 Å². The second-order valence-electron chi connectivity index (χ2n) is 12.7. The van der Waals surface area contributed by atoms with E-state index in [1.807, 2.05) is 54.4 Å². The van der Waals surface area contributed by atoms with Gasteiger partial charge in [0, 0.05) is 62.4 Å². The Balaban J connectivity index is 1.36. The zero-order chi connectivity index (χ0) is 30.4. The van der Waals surface area contributed by atoms with Crippen LogP contribution in [0.2, 0.25) is 0 Å². The number of hydrogen-bond donors (Lipinski definition) is 0. The lowest BCUT2D eigenvalue weighted by atomic mass is 9.95. The second kappa shape index (κ2) is 17.4. The quantitative estimate of drug-likeness (QED) is 0.147. The maximum atomic E-state index is 13.2. The molecule has 2 aliphatic heterocycles. The van der Waals surface area contributed by atoms with E-state index in [0.29, 0.717) is 12.5 Å². The topological polar surface area (TPSA) is 72.0 Å². The molecule has 4 rings (SSSR count). The van der Waals surface area contributed by atoms with Crippen LogP contribution in [-0.4, -0.2) is 71.3 Å². The fraction of sp³-hybridized carbons (Fsp3) is 0.639. The molecule has 1 aliphatic carbocycles. The van der Waals surface area contributed by atoms with Crippen molar-refractivity contribution < 1.29 is 19.1 Å². The molecule has 236 valence electrons. The Labute approximate surface area is 259 Å². The van der Waals surface area contributed by atoms with Gasteiger partial charge in [-0.25, -0.2) is 4.79 Å². The van der Waals surface area contributed by atoms with Gasteiger partial charge in [-0.3, -0.25) is 14.7 Å².